The Morgan fingerprint density at radius 3 is 2.89 bits per heavy atom. The van der Waals surface area contributed by atoms with Crippen molar-refractivity contribution in [1.29, 1.82) is 0 Å². The van der Waals surface area contributed by atoms with Crippen LogP contribution < -0.4 is 11.1 Å². The molecule has 0 unspecified atom stereocenters. The Morgan fingerprint density at radius 2 is 2.17 bits per heavy atom. The lowest BCUT2D eigenvalue weighted by Gasteiger charge is -2.32. The molecule has 0 spiro atoms. The first-order valence-electron chi connectivity index (χ1n) is 6.35. The van der Waals surface area contributed by atoms with E-state index in [0.29, 0.717) is 12.0 Å². The van der Waals surface area contributed by atoms with Crippen LogP contribution in [0.2, 0.25) is 0 Å². The molecule has 2 heterocycles. The van der Waals surface area contributed by atoms with Gasteiger partial charge in [-0.2, -0.15) is 0 Å². The molecule has 0 aromatic carbocycles. The van der Waals surface area contributed by atoms with Gasteiger partial charge in [0.15, 0.2) is 0 Å². The molecule has 5 heteroatoms. The average molecular weight is 262 g/mol. The molecule has 0 radical (unpaired) electrons. The molecule has 0 saturated heterocycles. The Morgan fingerprint density at radius 1 is 1.39 bits per heavy atom. The molecule has 4 nitrogen and oxygen atoms in total. The van der Waals surface area contributed by atoms with Gasteiger partial charge in [0.1, 0.15) is 17.0 Å². The van der Waals surface area contributed by atoms with Crippen molar-refractivity contribution in [2.24, 2.45) is 11.7 Å². The number of fused-ring (bicyclic) bond motifs is 1. The molecule has 18 heavy (non-hydrogen) atoms. The number of rotatable bonds is 3. The number of aryl methyl sites for hydroxylation is 2. The number of anilines is 1. The van der Waals surface area contributed by atoms with Crippen LogP contribution in [0.15, 0.2) is 6.33 Å². The second-order valence-electron chi connectivity index (χ2n) is 5.16. The highest BCUT2D eigenvalue weighted by molar-refractivity contribution is 7.18. The predicted molar refractivity (Wildman–Crippen MR) is 76.1 cm³/mol. The van der Waals surface area contributed by atoms with Crippen LogP contribution in [0.25, 0.3) is 10.2 Å². The number of hydrogen-bond donors (Lipinski definition) is 2. The standard InChI is InChI=1S/C13H18N4S/c1-7-8(2)18-13-11(7)12(16-6-17-13)15-5-9-3-10(14)4-9/h6,9-10H,3-5,14H2,1-2H3,(H,15,16,17). The quantitative estimate of drug-likeness (QED) is 0.892. The number of hydrogen-bond acceptors (Lipinski definition) is 5. The van der Waals surface area contributed by atoms with Crippen LogP contribution in [0.3, 0.4) is 0 Å². The fourth-order valence-corrected chi connectivity index (χ4v) is 3.51. The fourth-order valence-electron chi connectivity index (χ4n) is 2.51. The van der Waals surface area contributed by atoms with Gasteiger partial charge in [-0.05, 0) is 38.2 Å². The van der Waals surface area contributed by atoms with Crippen molar-refractivity contribution < 1.29 is 0 Å². The van der Waals surface area contributed by atoms with Gasteiger partial charge in [0.05, 0.1) is 5.39 Å². The van der Waals surface area contributed by atoms with Gasteiger partial charge in [-0.25, -0.2) is 9.97 Å². The first-order chi connectivity index (χ1) is 8.65. The van der Waals surface area contributed by atoms with E-state index in [9.17, 15) is 0 Å². The third-order valence-corrected chi connectivity index (χ3v) is 4.91. The maximum Gasteiger partial charge on any atom is 0.138 e. The molecule has 96 valence electrons. The maximum atomic E-state index is 5.80. The van der Waals surface area contributed by atoms with Crippen molar-refractivity contribution in [3.8, 4) is 0 Å². The van der Waals surface area contributed by atoms with Crippen molar-refractivity contribution in [2.75, 3.05) is 11.9 Å². The summed E-state index contributed by atoms with van der Waals surface area (Å²) in [7, 11) is 0. The second kappa shape index (κ2) is 4.48. The summed E-state index contributed by atoms with van der Waals surface area (Å²) in [6.07, 6.45) is 3.90. The van der Waals surface area contributed by atoms with E-state index in [0.717, 1.165) is 30.0 Å². The van der Waals surface area contributed by atoms with Gasteiger partial charge in [-0.3, -0.25) is 0 Å². The zero-order valence-corrected chi connectivity index (χ0v) is 11.5. The lowest BCUT2D eigenvalue weighted by Crippen LogP contribution is -2.39. The molecule has 1 fully saturated rings. The summed E-state index contributed by atoms with van der Waals surface area (Å²) in [4.78, 5) is 11.1. The monoisotopic (exact) mass is 262 g/mol. The summed E-state index contributed by atoms with van der Waals surface area (Å²) in [6, 6.07) is 0.410. The van der Waals surface area contributed by atoms with Crippen LogP contribution in [-0.4, -0.2) is 22.6 Å². The number of nitrogens with zero attached hydrogens (tertiary/aromatic N) is 2. The summed E-state index contributed by atoms with van der Waals surface area (Å²) < 4.78 is 0. The zero-order valence-electron chi connectivity index (χ0n) is 10.7. The number of aromatic nitrogens is 2. The predicted octanol–water partition coefficient (Wildman–Crippen LogP) is 2.46. The van der Waals surface area contributed by atoms with Crippen LogP contribution >= 0.6 is 11.3 Å². The number of thiophene rings is 1. The molecule has 2 aromatic heterocycles. The SMILES string of the molecule is Cc1sc2ncnc(NCC3CC(N)C3)c2c1C. The normalized spacial score (nSPS) is 23.1. The van der Waals surface area contributed by atoms with E-state index >= 15 is 0 Å². The van der Waals surface area contributed by atoms with Crippen LogP contribution in [0.5, 0.6) is 0 Å². The van der Waals surface area contributed by atoms with Gasteiger partial charge in [-0.1, -0.05) is 0 Å². The van der Waals surface area contributed by atoms with Crippen LogP contribution in [0.4, 0.5) is 5.82 Å². The molecule has 1 aliphatic rings. The first kappa shape index (κ1) is 11.9. The molecule has 0 bridgehead atoms. The maximum absolute atomic E-state index is 5.80. The van der Waals surface area contributed by atoms with Gasteiger partial charge in [0.25, 0.3) is 0 Å². The molecule has 1 saturated carbocycles. The number of nitrogens with two attached hydrogens (primary N) is 1. The van der Waals surface area contributed by atoms with E-state index in [1.165, 1.54) is 15.8 Å². The van der Waals surface area contributed by atoms with Crippen LogP contribution in [0, 0.1) is 19.8 Å². The highest BCUT2D eigenvalue weighted by atomic mass is 32.1. The summed E-state index contributed by atoms with van der Waals surface area (Å²) in [5.41, 5.74) is 7.10. The average Bonchev–Trinajstić information content (AvgIpc) is 2.60. The Kier molecular flexibility index (Phi) is 2.95. The van der Waals surface area contributed by atoms with E-state index in [1.54, 1.807) is 17.7 Å². The van der Waals surface area contributed by atoms with E-state index in [2.05, 4.69) is 29.1 Å². The molecule has 1 aliphatic carbocycles. The first-order valence-corrected chi connectivity index (χ1v) is 7.17. The van der Waals surface area contributed by atoms with Gasteiger partial charge in [-0.15, -0.1) is 11.3 Å². The van der Waals surface area contributed by atoms with Crippen molar-refractivity contribution in [3.63, 3.8) is 0 Å². The van der Waals surface area contributed by atoms with Crippen LogP contribution in [-0.2, 0) is 0 Å². The van der Waals surface area contributed by atoms with E-state index < -0.39 is 0 Å². The zero-order chi connectivity index (χ0) is 12.7. The summed E-state index contributed by atoms with van der Waals surface area (Å²) in [5, 5.41) is 4.65. The minimum atomic E-state index is 0.410. The second-order valence-corrected chi connectivity index (χ2v) is 6.37. The lowest BCUT2D eigenvalue weighted by atomic mass is 9.81. The minimum absolute atomic E-state index is 0.410. The fraction of sp³-hybridized carbons (Fsp3) is 0.538. The summed E-state index contributed by atoms with van der Waals surface area (Å²) >= 11 is 1.74. The lowest BCUT2D eigenvalue weighted by molar-refractivity contribution is 0.280. The summed E-state index contributed by atoms with van der Waals surface area (Å²) in [5.74, 6) is 1.67. The van der Waals surface area contributed by atoms with E-state index in [-0.39, 0.29) is 0 Å². The Labute approximate surface area is 111 Å². The van der Waals surface area contributed by atoms with Crippen molar-refractivity contribution >= 4 is 27.4 Å². The van der Waals surface area contributed by atoms with E-state index in [1.807, 2.05) is 0 Å². The smallest absolute Gasteiger partial charge is 0.138 e. The molecule has 3 rings (SSSR count). The Hall–Kier alpha value is -1.20. The third kappa shape index (κ3) is 1.97. The molecule has 2 aromatic rings. The highest BCUT2D eigenvalue weighted by Gasteiger charge is 2.25. The largest absolute Gasteiger partial charge is 0.369 e. The Bertz CT molecular complexity index is 572. The topological polar surface area (TPSA) is 63.8 Å². The molecular weight excluding hydrogens is 244 g/mol. The van der Waals surface area contributed by atoms with Gasteiger partial charge >= 0.3 is 0 Å². The molecule has 0 amide bonds. The Balaban J connectivity index is 1.83. The van der Waals surface area contributed by atoms with Gasteiger partial charge in [0.2, 0.25) is 0 Å². The van der Waals surface area contributed by atoms with Crippen molar-refractivity contribution in [3.05, 3.63) is 16.8 Å². The van der Waals surface area contributed by atoms with Crippen LogP contribution in [0.1, 0.15) is 23.3 Å². The molecule has 0 aliphatic heterocycles. The van der Waals surface area contributed by atoms with Crippen molar-refractivity contribution in [1.82, 2.24) is 9.97 Å². The van der Waals surface area contributed by atoms with Crippen molar-refractivity contribution in [2.45, 2.75) is 32.7 Å². The van der Waals surface area contributed by atoms with E-state index in [4.69, 9.17) is 5.73 Å². The molecule has 0 atom stereocenters. The van der Waals surface area contributed by atoms with Gasteiger partial charge < -0.3 is 11.1 Å². The molecule has 3 N–H and O–H groups in total. The number of nitrogens with one attached hydrogen (secondary N) is 1. The minimum Gasteiger partial charge on any atom is -0.369 e. The summed E-state index contributed by atoms with van der Waals surface area (Å²) in [6.45, 7) is 5.24. The molecular formula is C13H18N4S. The third-order valence-electron chi connectivity index (χ3n) is 3.80. The van der Waals surface area contributed by atoms with Gasteiger partial charge in [0, 0.05) is 17.5 Å². The highest BCUT2D eigenvalue weighted by Crippen LogP contribution is 2.33.